The van der Waals surface area contributed by atoms with Crippen LogP contribution in [0.4, 0.5) is 0 Å². The van der Waals surface area contributed by atoms with E-state index in [2.05, 4.69) is 10.2 Å². The number of aromatic nitrogens is 3. The summed E-state index contributed by atoms with van der Waals surface area (Å²) < 4.78 is 1.88. The van der Waals surface area contributed by atoms with Gasteiger partial charge in [-0.1, -0.05) is 0 Å². The number of benzene rings is 1. The monoisotopic (exact) mass is 278 g/mol. The third-order valence-corrected chi connectivity index (χ3v) is 3.06. The van der Waals surface area contributed by atoms with Crippen molar-refractivity contribution in [3.63, 3.8) is 0 Å². The molecule has 0 unspecified atom stereocenters. The van der Waals surface area contributed by atoms with Crippen LogP contribution in [0.5, 0.6) is 0 Å². The molecule has 100 valence electrons. The minimum Gasteiger partial charge on any atom is -0.330 e. The van der Waals surface area contributed by atoms with Gasteiger partial charge in [0, 0.05) is 17.7 Å². The lowest BCUT2D eigenvalue weighted by Gasteiger charge is -2.09. The van der Waals surface area contributed by atoms with Crippen LogP contribution in [0, 0.1) is 0 Å². The van der Waals surface area contributed by atoms with Crippen molar-refractivity contribution in [3.05, 3.63) is 41.5 Å². The van der Waals surface area contributed by atoms with Gasteiger partial charge >= 0.3 is 0 Å². The van der Waals surface area contributed by atoms with E-state index in [1.807, 2.05) is 16.7 Å². The number of alkyl halides is 1. The summed E-state index contributed by atoms with van der Waals surface area (Å²) in [5, 5.41) is 8.14. The lowest BCUT2D eigenvalue weighted by atomic mass is 10.1. The number of ketones is 1. The molecule has 0 radical (unpaired) electrons. The SMILES string of the molecule is CC(=O)c1ccc(-n2c(CCl)nnc2CCN)cc1. The minimum absolute atomic E-state index is 0.0371. The van der Waals surface area contributed by atoms with E-state index >= 15 is 0 Å². The van der Waals surface area contributed by atoms with Crippen LogP contribution < -0.4 is 5.73 Å². The standard InChI is InChI=1S/C13H15ClN4O/c1-9(19)10-2-4-11(5-3-10)18-12(6-7-15)16-17-13(18)8-14/h2-5H,6-8,15H2,1H3. The summed E-state index contributed by atoms with van der Waals surface area (Å²) in [6.07, 6.45) is 0.623. The molecule has 2 rings (SSSR count). The highest BCUT2D eigenvalue weighted by Crippen LogP contribution is 2.16. The smallest absolute Gasteiger partial charge is 0.159 e. The number of nitrogens with two attached hydrogens (primary N) is 1. The normalized spacial score (nSPS) is 10.7. The molecule has 0 aliphatic heterocycles. The Kier molecular flexibility index (Phi) is 4.29. The summed E-state index contributed by atoms with van der Waals surface area (Å²) in [7, 11) is 0. The van der Waals surface area contributed by atoms with Crippen molar-refractivity contribution < 1.29 is 4.79 Å². The number of carbonyl (C=O) groups excluding carboxylic acids is 1. The first-order valence-corrected chi connectivity index (χ1v) is 6.51. The number of halogens is 1. The molecule has 0 aliphatic carbocycles. The van der Waals surface area contributed by atoms with Gasteiger partial charge in [-0.2, -0.15) is 0 Å². The second kappa shape index (κ2) is 5.95. The van der Waals surface area contributed by atoms with Gasteiger partial charge in [0.15, 0.2) is 11.6 Å². The average molecular weight is 279 g/mol. The predicted molar refractivity (Wildman–Crippen MR) is 73.7 cm³/mol. The fraction of sp³-hybridized carbons (Fsp3) is 0.308. The van der Waals surface area contributed by atoms with E-state index in [1.54, 1.807) is 12.1 Å². The van der Waals surface area contributed by atoms with Gasteiger partial charge in [0.05, 0.1) is 5.88 Å². The van der Waals surface area contributed by atoms with E-state index in [1.165, 1.54) is 6.92 Å². The number of hydrogen-bond acceptors (Lipinski definition) is 4. The molecule has 0 aliphatic rings. The van der Waals surface area contributed by atoms with Crippen molar-refractivity contribution in [1.29, 1.82) is 0 Å². The average Bonchev–Trinajstić information content (AvgIpc) is 2.82. The van der Waals surface area contributed by atoms with Crippen LogP contribution in [0.25, 0.3) is 5.69 Å². The lowest BCUT2D eigenvalue weighted by Crippen LogP contribution is -2.10. The van der Waals surface area contributed by atoms with E-state index in [0.29, 0.717) is 24.4 Å². The molecule has 1 aromatic heterocycles. The summed E-state index contributed by atoms with van der Waals surface area (Å²) in [4.78, 5) is 11.3. The molecule has 0 atom stereocenters. The zero-order valence-corrected chi connectivity index (χ0v) is 11.4. The number of Topliss-reactive ketones (excluding diaryl/α,β-unsaturated/α-hetero) is 1. The largest absolute Gasteiger partial charge is 0.330 e. The Hall–Kier alpha value is -1.72. The number of carbonyl (C=O) groups is 1. The molecular weight excluding hydrogens is 264 g/mol. The highest BCUT2D eigenvalue weighted by atomic mass is 35.5. The summed E-state index contributed by atoms with van der Waals surface area (Å²) in [5.41, 5.74) is 7.12. The highest BCUT2D eigenvalue weighted by molar-refractivity contribution is 6.16. The van der Waals surface area contributed by atoms with Gasteiger partial charge in [-0.25, -0.2) is 0 Å². The van der Waals surface area contributed by atoms with Crippen molar-refractivity contribution in [2.45, 2.75) is 19.2 Å². The van der Waals surface area contributed by atoms with Crippen LogP contribution in [-0.2, 0) is 12.3 Å². The zero-order chi connectivity index (χ0) is 13.8. The Morgan fingerprint density at radius 3 is 2.42 bits per heavy atom. The molecule has 0 saturated carbocycles. The van der Waals surface area contributed by atoms with Crippen LogP contribution in [0.2, 0.25) is 0 Å². The van der Waals surface area contributed by atoms with Crippen LogP contribution in [0.3, 0.4) is 0 Å². The molecule has 0 bridgehead atoms. The summed E-state index contributed by atoms with van der Waals surface area (Å²) in [6.45, 7) is 2.03. The first-order valence-electron chi connectivity index (χ1n) is 5.98. The maximum absolute atomic E-state index is 11.3. The molecule has 0 spiro atoms. The molecule has 1 heterocycles. The maximum atomic E-state index is 11.3. The molecule has 19 heavy (non-hydrogen) atoms. The number of nitrogens with zero attached hydrogens (tertiary/aromatic N) is 3. The molecular formula is C13H15ClN4O. The summed E-state index contributed by atoms with van der Waals surface area (Å²) in [6, 6.07) is 7.27. The molecule has 2 aromatic rings. The molecule has 6 heteroatoms. The topological polar surface area (TPSA) is 73.8 Å². The maximum Gasteiger partial charge on any atom is 0.159 e. The fourth-order valence-corrected chi connectivity index (χ4v) is 2.05. The number of hydrogen-bond donors (Lipinski definition) is 1. The lowest BCUT2D eigenvalue weighted by molar-refractivity contribution is 0.101. The highest BCUT2D eigenvalue weighted by Gasteiger charge is 2.12. The van der Waals surface area contributed by atoms with Gasteiger partial charge in [-0.3, -0.25) is 9.36 Å². The zero-order valence-electron chi connectivity index (χ0n) is 10.6. The van der Waals surface area contributed by atoms with Gasteiger partial charge in [0.1, 0.15) is 5.82 Å². The van der Waals surface area contributed by atoms with E-state index in [4.69, 9.17) is 17.3 Å². The van der Waals surface area contributed by atoms with Crippen LogP contribution in [-0.4, -0.2) is 27.1 Å². The van der Waals surface area contributed by atoms with Crippen molar-refractivity contribution >= 4 is 17.4 Å². The summed E-state index contributed by atoms with van der Waals surface area (Å²) >= 11 is 5.87. The third-order valence-electron chi connectivity index (χ3n) is 2.82. The summed E-state index contributed by atoms with van der Waals surface area (Å²) in [5.74, 6) is 1.75. The van der Waals surface area contributed by atoms with Crippen molar-refractivity contribution in [1.82, 2.24) is 14.8 Å². The number of rotatable bonds is 5. The van der Waals surface area contributed by atoms with Crippen LogP contribution in [0.15, 0.2) is 24.3 Å². The Morgan fingerprint density at radius 1 is 1.26 bits per heavy atom. The van der Waals surface area contributed by atoms with Crippen molar-refractivity contribution in [2.75, 3.05) is 6.54 Å². The Labute approximate surface area is 116 Å². The van der Waals surface area contributed by atoms with E-state index in [9.17, 15) is 4.79 Å². The van der Waals surface area contributed by atoms with Crippen LogP contribution >= 0.6 is 11.6 Å². The minimum atomic E-state index is 0.0371. The first kappa shape index (κ1) is 13.7. The van der Waals surface area contributed by atoms with Crippen molar-refractivity contribution in [3.8, 4) is 5.69 Å². The van der Waals surface area contributed by atoms with E-state index in [0.717, 1.165) is 11.5 Å². The van der Waals surface area contributed by atoms with Gasteiger partial charge in [0.2, 0.25) is 0 Å². The van der Waals surface area contributed by atoms with Gasteiger partial charge in [-0.05, 0) is 37.7 Å². The van der Waals surface area contributed by atoms with Crippen molar-refractivity contribution in [2.24, 2.45) is 5.73 Å². The molecule has 1 aromatic carbocycles. The second-order valence-electron chi connectivity index (χ2n) is 4.14. The molecule has 0 fully saturated rings. The predicted octanol–water partition coefficient (Wildman–Crippen LogP) is 1.71. The van der Waals surface area contributed by atoms with E-state index < -0.39 is 0 Å². The third kappa shape index (κ3) is 2.83. The molecule has 5 nitrogen and oxygen atoms in total. The van der Waals surface area contributed by atoms with E-state index in [-0.39, 0.29) is 11.7 Å². The Balaban J connectivity index is 2.44. The van der Waals surface area contributed by atoms with Gasteiger partial charge in [0.25, 0.3) is 0 Å². The Morgan fingerprint density at radius 2 is 1.89 bits per heavy atom. The van der Waals surface area contributed by atoms with Gasteiger partial charge in [-0.15, -0.1) is 21.8 Å². The van der Waals surface area contributed by atoms with Gasteiger partial charge < -0.3 is 5.73 Å². The van der Waals surface area contributed by atoms with Crippen LogP contribution in [0.1, 0.15) is 28.9 Å². The quantitative estimate of drug-likeness (QED) is 0.667. The molecule has 0 amide bonds. The first-order chi connectivity index (χ1) is 9.17. The molecule has 0 saturated heterocycles. The Bertz CT molecular complexity index is 577. The second-order valence-corrected chi connectivity index (χ2v) is 4.41. The fourth-order valence-electron chi connectivity index (χ4n) is 1.87. The molecule has 2 N–H and O–H groups in total.